The molecule has 29 heavy (non-hydrogen) atoms. The van der Waals surface area contributed by atoms with Crippen molar-refractivity contribution in [1.82, 2.24) is 4.98 Å². The highest BCUT2D eigenvalue weighted by molar-refractivity contribution is 7.92. The minimum absolute atomic E-state index is 0.0818. The number of ether oxygens (including phenoxy) is 1. The number of halogens is 1. The zero-order chi connectivity index (χ0) is 20.6. The zero-order valence-electron chi connectivity index (χ0n) is 15.6. The van der Waals surface area contributed by atoms with Crippen LogP contribution in [-0.4, -0.2) is 20.5 Å². The normalized spacial score (nSPS) is 11.6. The summed E-state index contributed by atoms with van der Waals surface area (Å²) in [5, 5.41) is 0.823. The summed E-state index contributed by atoms with van der Waals surface area (Å²) in [5.74, 6) is 0.170. The Bertz CT molecular complexity index is 1300. The van der Waals surface area contributed by atoms with Crippen molar-refractivity contribution < 1.29 is 17.5 Å². The molecule has 0 aliphatic heterocycles. The quantitative estimate of drug-likeness (QED) is 0.473. The molecule has 0 aliphatic rings. The predicted molar refractivity (Wildman–Crippen MR) is 114 cm³/mol. The van der Waals surface area contributed by atoms with Crippen LogP contribution in [0.5, 0.6) is 5.75 Å². The molecular formula is C21H17FN2O3S2. The van der Waals surface area contributed by atoms with E-state index in [-0.39, 0.29) is 4.90 Å². The van der Waals surface area contributed by atoms with Gasteiger partial charge in [0.1, 0.15) is 16.6 Å². The lowest BCUT2D eigenvalue weighted by atomic mass is 10.2. The third-order valence-corrected chi connectivity index (χ3v) is 7.01. The molecule has 0 saturated carbocycles. The predicted octanol–water partition coefficient (Wildman–Crippen LogP) is 5.22. The van der Waals surface area contributed by atoms with Crippen LogP contribution in [0, 0.1) is 12.7 Å². The third-order valence-electron chi connectivity index (χ3n) is 4.42. The first-order chi connectivity index (χ1) is 13.9. The third kappa shape index (κ3) is 3.94. The second-order valence-electron chi connectivity index (χ2n) is 6.45. The summed E-state index contributed by atoms with van der Waals surface area (Å²) in [6.45, 7) is 1.62. The lowest BCUT2D eigenvalue weighted by Gasteiger charge is -2.10. The van der Waals surface area contributed by atoms with E-state index in [0.29, 0.717) is 11.3 Å². The Morgan fingerprint density at radius 2 is 1.79 bits per heavy atom. The average molecular weight is 429 g/mol. The number of rotatable bonds is 5. The first kappa shape index (κ1) is 19.4. The summed E-state index contributed by atoms with van der Waals surface area (Å²) in [6, 6.07) is 16.3. The molecule has 0 fully saturated rings. The summed E-state index contributed by atoms with van der Waals surface area (Å²) >= 11 is 1.53. The van der Waals surface area contributed by atoms with E-state index >= 15 is 0 Å². The van der Waals surface area contributed by atoms with Gasteiger partial charge >= 0.3 is 0 Å². The number of aryl methyl sites for hydroxylation is 1. The molecular weight excluding hydrogens is 411 g/mol. The first-order valence-electron chi connectivity index (χ1n) is 8.70. The number of anilines is 1. The number of benzene rings is 3. The second kappa shape index (κ2) is 7.46. The van der Waals surface area contributed by atoms with Crippen LogP contribution in [0.15, 0.2) is 65.6 Å². The van der Waals surface area contributed by atoms with Gasteiger partial charge in [0.05, 0.1) is 22.2 Å². The molecule has 0 amide bonds. The van der Waals surface area contributed by atoms with Crippen LogP contribution >= 0.6 is 11.3 Å². The fraction of sp³-hybridized carbons (Fsp3) is 0.0952. The minimum atomic E-state index is -3.89. The van der Waals surface area contributed by atoms with Crippen LogP contribution in [0.4, 0.5) is 10.1 Å². The average Bonchev–Trinajstić information content (AvgIpc) is 3.13. The van der Waals surface area contributed by atoms with Gasteiger partial charge in [0, 0.05) is 11.3 Å². The van der Waals surface area contributed by atoms with E-state index in [2.05, 4.69) is 9.71 Å². The van der Waals surface area contributed by atoms with Crippen molar-refractivity contribution >= 4 is 37.3 Å². The Labute approximate surface area is 171 Å². The number of sulfonamides is 1. The second-order valence-corrected chi connectivity index (χ2v) is 9.13. The van der Waals surface area contributed by atoms with Crippen LogP contribution in [-0.2, 0) is 10.0 Å². The summed E-state index contributed by atoms with van der Waals surface area (Å²) in [6.07, 6.45) is 0. The van der Waals surface area contributed by atoms with Crippen LogP contribution in [0.2, 0.25) is 0 Å². The number of hydrogen-bond acceptors (Lipinski definition) is 5. The molecule has 0 aliphatic carbocycles. The fourth-order valence-corrected chi connectivity index (χ4v) is 5.23. The van der Waals surface area contributed by atoms with Gasteiger partial charge in [-0.15, -0.1) is 11.3 Å². The van der Waals surface area contributed by atoms with E-state index in [9.17, 15) is 12.8 Å². The molecule has 3 aromatic carbocycles. The molecule has 8 heteroatoms. The van der Waals surface area contributed by atoms with Gasteiger partial charge in [-0.3, -0.25) is 4.72 Å². The van der Waals surface area contributed by atoms with Crippen molar-refractivity contribution in [2.45, 2.75) is 11.8 Å². The number of nitrogens with one attached hydrogen (secondary N) is 1. The molecule has 148 valence electrons. The highest BCUT2D eigenvalue weighted by atomic mass is 32.2. The number of methoxy groups -OCH3 is 1. The standard InChI is InChI=1S/C21H17FN2O3S2/c1-13-3-6-15(22)11-20(13)29(25,26)24-16-7-4-14(5-8-16)21-23-18-10-9-17(27-2)12-19(18)28-21/h3-12,24H,1-2H3. The first-order valence-corrected chi connectivity index (χ1v) is 11.0. The SMILES string of the molecule is COc1ccc2nc(-c3ccc(NS(=O)(=O)c4cc(F)ccc4C)cc3)sc2c1. The van der Waals surface area contributed by atoms with Gasteiger partial charge in [-0.1, -0.05) is 6.07 Å². The van der Waals surface area contributed by atoms with Crippen molar-refractivity contribution in [3.05, 3.63) is 72.0 Å². The largest absolute Gasteiger partial charge is 0.497 e. The highest BCUT2D eigenvalue weighted by Gasteiger charge is 2.18. The van der Waals surface area contributed by atoms with Gasteiger partial charge in [0.2, 0.25) is 0 Å². The Balaban J connectivity index is 1.60. The molecule has 0 spiro atoms. The molecule has 0 radical (unpaired) electrons. The van der Waals surface area contributed by atoms with Crippen molar-refractivity contribution in [3.8, 4) is 16.3 Å². The molecule has 1 heterocycles. The maximum absolute atomic E-state index is 13.5. The smallest absolute Gasteiger partial charge is 0.262 e. The molecule has 0 saturated heterocycles. The maximum atomic E-state index is 13.5. The van der Waals surface area contributed by atoms with Crippen molar-refractivity contribution in [2.75, 3.05) is 11.8 Å². The Kier molecular flexibility index (Phi) is 4.97. The van der Waals surface area contributed by atoms with E-state index in [0.717, 1.165) is 32.6 Å². The van der Waals surface area contributed by atoms with E-state index in [1.54, 1.807) is 38.3 Å². The summed E-state index contributed by atoms with van der Waals surface area (Å²) in [5.41, 5.74) is 2.60. The van der Waals surface area contributed by atoms with Gasteiger partial charge in [0.25, 0.3) is 10.0 Å². The van der Waals surface area contributed by atoms with Crippen LogP contribution in [0.25, 0.3) is 20.8 Å². The van der Waals surface area contributed by atoms with Gasteiger partial charge in [-0.05, 0) is 67.1 Å². The minimum Gasteiger partial charge on any atom is -0.497 e. The number of nitrogens with zero attached hydrogens (tertiary/aromatic N) is 1. The zero-order valence-corrected chi connectivity index (χ0v) is 17.3. The van der Waals surface area contributed by atoms with E-state index in [4.69, 9.17) is 4.74 Å². The number of aromatic nitrogens is 1. The molecule has 5 nitrogen and oxygen atoms in total. The van der Waals surface area contributed by atoms with Gasteiger partial charge in [-0.25, -0.2) is 17.8 Å². The van der Waals surface area contributed by atoms with Crippen molar-refractivity contribution in [1.29, 1.82) is 0 Å². The monoisotopic (exact) mass is 428 g/mol. The molecule has 0 atom stereocenters. The molecule has 0 bridgehead atoms. The fourth-order valence-electron chi connectivity index (χ4n) is 2.91. The summed E-state index contributed by atoms with van der Waals surface area (Å²) < 4.78 is 47.4. The number of fused-ring (bicyclic) bond motifs is 1. The lowest BCUT2D eigenvalue weighted by molar-refractivity contribution is 0.415. The Morgan fingerprint density at radius 1 is 1.03 bits per heavy atom. The van der Waals surface area contributed by atoms with E-state index in [1.165, 1.54) is 23.5 Å². The van der Waals surface area contributed by atoms with Crippen molar-refractivity contribution in [2.24, 2.45) is 0 Å². The molecule has 4 aromatic rings. The Hall–Kier alpha value is -2.97. The van der Waals surface area contributed by atoms with Crippen molar-refractivity contribution in [3.63, 3.8) is 0 Å². The molecule has 1 N–H and O–H groups in total. The van der Waals surface area contributed by atoms with Crippen LogP contribution < -0.4 is 9.46 Å². The summed E-state index contributed by atoms with van der Waals surface area (Å²) in [4.78, 5) is 4.53. The van der Waals surface area contributed by atoms with Crippen LogP contribution in [0.1, 0.15) is 5.56 Å². The van der Waals surface area contributed by atoms with Crippen LogP contribution in [0.3, 0.4) is 0 Å². The van der Waals surface area contributed by atoms with Gasteiger partial charge in [-0.2, -0.15) is 0 Å². The molecule has 4 rings (SSSR count). The van der Waals surface area contributed by atoms with E-state index < -0.39 is 15.8 Å². The lowest BCUT2D eigenvalue weighted by Crippen LogP contribution is -2.14. The van der Waals surface area contributed by atoms with Gasteiger partial charge in [0.15, 0.2) is 0 Å². The maximum Gasteiger partial charge on any atom is 0.262 e. The topological polar surface area (TPSA) is 68.3 Å². The van der Waals surface area contributed by atoms with E-state index in [1.807, 2.05) is 18.2 Å². The number of thiazole rings is 1. The molecule has 1 aromatic heterocycles. The Morgan fingerprint density at radius 3 is 2.52 bits per heavy atom. The van der Waals surface area contributed by atoms with Gasteiger partial charge < -0.3 is 4.74 Å². The number of hydrogen-bond donors (Lipinski definition) is 1. The molecule has 0 unspecified atom stereocenters. The highest BCUT2D eigenvalue weighted by Crippen LogP contribution is 2.33. The summed E-state index contributed by atoms with van der Waals surface area (Å²) in [7, 11) is -2.27.